The largest absolute Gasteiger partial charge is 0.391 e. The Morgan fingerprint density at radius 1 is 1.18 bits per heavy atom. The van der Waals surface area contributed by atoms with Crippen LogP contribution in [0.2, 0.25) is 0 Å². The van der Waals surface area contributed by atoms with Gasteiger partial charge in [-0.25, -0.2) is 8.78 Å². The second-order valence-corrected chi connectivity index (χ2v) is 11.3. The van der Waals surface area contributed by atoms with Gasteiger partial charge in [-0.3, -0.25) is 4.79 Å². The van der Waals surface area contributed by atoms with E-state index in [9.17, 15) is 19.6 Å². The number of nitriles is 1. The number of carbonyl (C=O) groups is 1. The van der Waals surface area contributed by atoms with Crippen LogP contribution in [0.5, 0.6) is 0 Å². The quantitative estimate of drug-likeness (QED) is 0.442. The molecular formula is C31H41F2N3O3. The molecule has 3 aliphatic rings. The highest BCUT2D eigenvalue weighted by atomic mass is 19.1. The second kappa shape index (κ2) is 12.7. The van der Waals surface area contributed by atoms with Gasteiger partial charge < -0.3 is 19.6 Å². The summed E-state index contributed by atoms with van der Waals surface area (Å²) in [6.45, 7) is 6.32. The van der Waals surface area contributed by atoms with Crippen LogP contribution in [-0.2, 0) is 9.53 Å². The van der Waals surface area contributed by atoms with E-state index >= 15 is 4.39 Å². The molecule has 1 aliphatic carbocycles. The number of amides is 1. The summed E-state index contributed by atoms with van der Waals surface area (Å²) in [6, 6.07) is 11.0. The number of benzene rings is 1. The molecule has 1 aromatic rings. The van der Waals surface area contributed by atoms with Crippen LogP contribution >= 0.6 is 0 Å². The highest BCUT2D eigenvalue weighted by Crippen LogP contribution is 2.42. The van der Waals surface area contributed by atoms with Crippen molar-refractivity contribution < 1.29 is 23.4 Å². The van der Waals surface area contributed by atoms with Crippen LogP contribution in [0.4, 0.5) is 8.78 Å². The predicted molar refractivity (Wildman–Crippen MR) is 146 cm³/mol. The van der Waals surface area contributed by atoms with Gasteiger partial charge in [0.1, 0.15) is 23.1 Å². The van der Waals surface area contributed by atoms with Crippen LogP contribution < -0.4 is 0 Å². The lowest BCUT2D eigenvalue weighted by molar-refractivity contribution is -0.153. The predicted octanol–water partition coefficient (Wildman–Crippen LogP) is 5.07. The lowest BCUT2D eigenvalue weighted by Crippen LogP contribution is -2.55. The molecular weight excluding hydrogens is 500 g/mol. The molecule has 2 aliphatic heterocycles. The van der Waals surface area contributed by atoms with E-state index in [4.69, 9.17) is 4.74 Å². The van der Waals surface area contributed by atoms with Gasteiger partial charge in [0.25, 0.3) is 5.91 Å². The number of allylic oxidation sites excluding steroid dienone is 2. The third-order valence-electron chi connectivity index (χ3n) is 8.71. The molecule has 8 heteroatoms. The number of aliphatic hydroxyl groups is 1. The van der Waals surface area contributed by atoms with Gasteiger partial charge in [-0.15, -0.1) is 0 Å². The third-order valence-corrected chi connectivity index (χ3v) is 8.71. The fraction of sp³-hybridized carbons (Fsp3) is 0.613. The van der Waals surface area contributed by atoms with Crippen molar-refractivity contribution in [3.8, 4) is 6.07 Å². The summed E-state index contributed by atoms with van der Waals surface area (Å²) in [5.74, 6) is -1.89. The summed E-state index contributed by atoms with van der Waals surface area (Å²) in [7, 11) is 0. The first-order valence-corrected chi connectivity index (χ1v) is 14.3. The first-order valence-electron chi connectivity index (χ1n) is 14.3. The van der Waals surface area contributed by atoms with Gasteiger partial charge in [0.05, 0.1) is 18.6 Å². The molecule has 1 N–H and O–H groups in total. The molecule has 1 amide bonds. The molecule has 39 heavy (non-hydrogen) atoms. The number of piperidine rings is 2. The monoisotopic (exact) mass is 541 g/mol. The Morgan fingerprint density at radius 3 is 2.49 bits per heavy atom. The topological polar surface area (TPSA) is 76.8 Å². The molecule has 2 fully saturated rings. The van der Waals surface area contributed by atoms with E-state index < -0.39 is 35.0 Å². The maximum atomic E-state index is 16.0. The van der Waals surface area contributed by atoms with E-state index in [2.05, 4.69) is 4.90 Å². The maximum Gasteiger partial charge on any atom is 0.264 e. The lowest BCUT2D eigenvalue weighted by Gasteiger charge is -2.41. The first kappa shape index (κ1) is 29.4. The number of aliphatic hydroxyl groups excluding tert-OH is 1. The van der Waals surface area contributed by atoms with Gasteiger partial charge in [-0.1, -0.05) is 50.3 Å². The number of carbonyl (C=O) groups excluding carboxylic acids is 1. The number of rotatable bonds is 9. The fourth-order valence-corrected chi connectivity index (χ4v) is 5.96. The summed E-state index contributed by atoms with van der Waals surface area (Å²) in [6.07, 6.45) is 6.20. The zero-order valence-electron chi connectivity index (χ0n) is 23.1. The van der Waals surface area contributed by atoms with Gasteiger partial charge in [0.2, 0.25) is 5.60 Å². The Morgan fingerprint density at radius 2 is 1.87 bits per heavy atom. The summed E-state index contributed by atoms with van der Waals surface area (Å²) in [5.41, 5.74) is -2.71. The summed E-state index contributed by atoms with van der Waals surface area (Å²) >= 11 is 0. The molecule has 0 bridgehead atoms. The van der Waals surface area contributed by atoms with Gasteiger partial charge in [0, 0.05) is 19.6 Å². The fourth-order valence-electron chi connectivity index (χ4n) is 5.96. The molecule has 0 spiro atoms. The van der Waals surface area contributed by atoms with Crippen molar-refractivity contribution in [1.29, 1.82) is 5.26 Å². The molecule has 0 radical (unpaired) electrons. The molecule has 3 atom stereocenters. The van der Waals surface area contributed by atoms with Crippen molar-refractivity contribution in [3.63, 3.8) is 0 Å². The van der Waals surface area contributed by atoms with Gasteiger partial charge in [-0.2, -0.15) is 5.26 Å². The Kier molecular flexibility index (Phi) is 9.58. The molecule has 2 heterocycles. The van der Waals surface area contributed by atoms with Crippen molar-refractivity contribution in [2.75, 3.05) is 39.3 Å². The van der Waals surface area contributed by atoms with Crippen LogP contribution in [0.1, 0.15) is 63.9 Å². The molecule has 6 nitrogen and oxygen atoms in total. The van der Waals surface area contributed by atoms with Crippen LogP contribution in [0.25, 0.3) is 0 Å². The standard InChI is InChI=1S/C31H41F2N3O3/c1-3-30(33,4-2)22-35-17-13-23(14-18-35)21-39-31(29(38)36-16-8-11-25(37)20-36)15-12-26(28(32)27(31)19-34)24-9-6-5-7-10-24/h5-7,9-10,12,15,23,25-26,37H,3-4,8,11,13-14,16-18,20-22H2,1-2H3. The van der Waals surface area contributed by atoms with E-state index in [-0.39, 0.29) is 24.6 Å². The van der Waals surface area contributed by atoms with Crippen LogP contribution in [-0.4, -0.2) is 77.5 Å². The number of ether oxygens (including phenoxy) is 1. The average molecular weight is 542 g/mol. The number of halogens is 2. The second-order valence-electron chi connectivity index (χ2n) is 11.3. The maximum absolute atomic E-state index is 16.0. The molecule has 0 saturated carbocycles. The van der Waals surface area contributed by atoms with Gasteiger partial charge in [-0.05, 0) is 69.2 Å². The van der Waals surface area contributed by atoms with E-state index in [1.54, 1.807) is 24.3 Å². The third kappa shape index (κ3) is 6.42. The van der Waals surface area contributed by atoms with Crippen LogP contribution in [0.3, 0.4) is 0 Å². The van der Waals surface area contributed by atoms with Crippen molar-refractivity contribution in [2.45, 2.75) is 75.7 Å². The molecule has 212 valence electrons. The highest BCUT2D eigenvalue weighted by Gasteiger charge is 2.50. The molecule has 4 rings (SSSR count). The number of likely N-dealkylation sites (tertiary alicyclic amines) is 2. The Labute approximate surface area is 230 Å². The molecule has 0 aromatic heterocycles. The summed E-state index contributed by atoms with van der Waals surface area (Å²) < 4.78 is 37.3. The molecule has 1 aromatic carbocycles. The molecule has 2 saturated heterocycles. The van der Waals surface area contributed by atoms with E-state index in [0.717, 1.165) is 25.9 Å². The normalized spacial score (nSPS) is 27.0. The van der Waals surface area contributed by atoms with Crippen molar-refractivity contribution in [2.24, 2.45) is 5.92 Å². The smallest absolute Gasteiger partial charge is 0.264 e. The van der Waals surface area contributed by atoms with E-state index in [1.165, 1.54) is 4.90 Å². The zero-order valence-corrected chi connectivity index (χ0v) is 23.1. The van der Waals surface area contributed by atoms with Crippen molar-refractivity contribution in [1.82, 2.24) is 9.80 Å². The Balaban J connectivity index is 1.55. The lowest BCUT2D eigenvalue weighted by atomic mass is 9.80. The van der Waals surface area contributed by atoms with E-state index in [1.807, 2.05) is 38.1 Å². The molecule has 3 unspecified atom stereocenters. The van der Waals surface area contributed by atoms with E-state index in [0.29, 0.717) is 44.3 Å². The minimum atomic E-state index is -1.88. The van der Waals surface area contributed by atoms with Gasteiger partial charge >= 0.3 is 0 Å². The minimum absolute atomic E-state index is 0.0957. The van der Waals surface area contributed by atoms with Crippen molar-refractivity contribution >= 4 is 5.91 Å². The Bertz CT molecular complexity index is 1090. The van der Waals surface area contributed by atoms with Crippen LogP contribution in [0.15, 0.2) is 53.9 Å². The highest BCUT2D eigenvalue weighted by molar-refractivity contribution is 5.93. The average Bonchev–Trinajstić information content (AvgIpc) is 2.96. The number of hydrogen-bond donors (Lipinski definition) is 1. The SMILES string of the molecule is CCC(F)(CC)CN1CCC(COC2(C(=O)N3CCCC(O)C3)C=CC(c3ccccc3)C(F)=C2C#N)CC1. The zero-order chi connectivity index (χ0) is 28.0. The van der Waals surface area contributed by atoms with Crippen molar-refractivity contribution in [3.05, 3.63) is 59.4 Å². The minimum Gasteiger partial charge on any atom is -0.391 e. The number of hydrogen-bond acceptors (Lipinski definition) is 5. The van der Waals surface area contributed by atoms with Gasteiger partial charge in [0.15, 0.2) is 0 Å². The number of nitrogens with zero attached hydrogens (tertiary/aromatic N) is 3. The summed E-state index contributed by atoms with van der Waals surface area (Å²) in [5, 5.41) is 20.4. The summed E-state index contributed by atoms with van der Waals surface area (Å²) in [4.78, 5) is 17.6. The number of alkyl halides is 1. The number of β-amino-alcohol motifs (C(OH)–C–C–N with tert-alkyl or cyclic N) is 1. The first-order chi connectivity index (χ1) is 18.7. The van der Waals surface area contributed by atoms with Crippen LogP contribution in [0, 0.1) is 17.2 Å². The Hall–Kier alpha value is -2.60.